The zero-order chi connectivity index (χ0) is 13.8. The van der Waals surface area contributed by atoms with Gasteiger partial charge < -0.3 is 5.32 Å². The van der Waals surface area contributed by atoms with Crippen molar-refractivity contribution in [2.24, 2.45) is 0 Å². The van der Waals surface area contributed by atoms with Crippen molar-refractivity contribution in [3.05, 3.63) is 63.3 Å². The van der Waals surface area contributed by atoms with E-state index in [1.54, 1.807) is 6.07 Å². The Morgan fingerprint density at radius 3 is 2.68 bits per heavy atom. The minimum atomic E-state index is -0.161. The van der Waals surface area contributed by atoms with Crippen molar-refractivity contribution in [2.45, 2.75) is 19.4 Å². The molecule has 0 bridgehead atoms. The van der Waals surface area contributed by atoms with Crippen molar-refractivity contribution in [1.29, 1.82) is 0 Å². The predicted molar refractivity (Wildman–Crippen MR) is 82.3 cm³/mol. The normalized spacial score (nSPS) is 12.2. The molecule has 0 saturated heterocycles. The van der Waals surface area contributed by atoms with Crippen LogP contribution in [0.15, 0.2) is 46.9 Å². The lowest BCUT2D eigenvalue weighted by molar-refractivity contribution is 0.601. The van der Waals surface area contributed by atoms with Gasteiger partial charge in [0, 0.05) is 21.2 Å². The molecule has 19 heavy (non-hydrogen) atoms. The van der Waals surface area contributed by atoms with Crippen LogP contribution in [0.5, 0.6) is 0 Å². The zero-order valence-electron chi connectivity index (χ0n) is 10.5. The lowest BCUT2D eigenvalue weighted by Crippen LogP contribution is -2.19. The van der Waals surface area contributed by atoms with Gasteiger partial charge in [-0.2, -0.15) is 0 Å². The molecule has 0 fully saturated rings. The molecule has 1 atom stereocenters. The fraction of sp³-hybridized carbons (Fsp3) is 0.200. The van der Waals surface area contributed by atoms with E-state index in [0.717, 1.165) is 10.2 Å². The second-order valence-electron chi connectivity index (χ2n) is 4.47. The first-order valence-corrected chi connectivity index (χ1v) is 7.18. The highest BCUT2D eigenvalue weighted by molar-refractivity contribution is 9.10. The number of halogens is 3. The largest absolute Gasteiger partial charge is 0.381 e. The summed E-state index contributed by atoms with van der Waals surface area (Å²) in [6, 6.07) is 12.5. The third-order valence-electron chi connectivity index (χ3n) is 2.82. The van der Waals surface area contributed by atoms with Crippen LogP contribution >= 0.6 is 27.5 Å². The van der Waals surface area contributed by atoms with E-state index in [-0.39, 0.29) is 11.9 Å². The molecule has 4 heteroatoms. The summed E-state index contributed by atoms with van der Waals surface area (Å²) < 4.78 is 14.5. The first-order valence-electron chi connectivity index (χ1n) is 6.01. The number of anilines is 1. The van der Waals surface area contributed by atoms with Crippen molar-refractivity contribution in [1.82, 2.24) is 0 Å². The predicted octanol–water partition coefficient (Wildman–Crippen LogP) is 5.28. The van der Waals surface area contributed by atoms with Crippen molar-refractivity contribution >= 4 is 33.2 Å². The molecule has 0 amide bonds. The van der Waals surface area contributed by atoms with Gasteiger partial charge in [0.05, 0.1) is 0 Å². The molecule has 0 spiro atoms. The summed E-state index contributed by atoms with van der Waals surface area (Å²) in [6.45, 7) is 2.02. The lowest BCUT2D eigenvalue weighted by Gasteiger charge is -2.17. The van der Waals surface area contributed by atoms with Gasteiger partial charge in [-0.05, 0) is 59.1 Å². The lowest BCUT2D eigenvalue weighted by atomic mass is 10.1. The van der Waals surface area contributed by atoms with Crippen LogP contribution in [0.25, 0.3) is 0 Å². The van der Waals surface area contributed by atoms with E-state index in [1.807, 2.05) is 37.3 Å². The molecule has 0 radical (unpaired) electrons. The topological polar surface area (TPSA) is 12.0 Å². The van der Waals surface area contributed by atoms with E-state index in [0.29, 0.717) is 17.0 Å². The maximum Gasteiger partial charge on any atom is 0.126 e. The molecule has 2 aromatic carbocycles. The Balaban J connectivity index is 2.05. The Bertz CT molecular complexity index is 574. The van der Waals surface area contributed by atoms with Gasteiger partial charge in [0.2, 0.25) is 0 Å². The molecule has 0 aromatic heterocycles. The Morgan fingerprint density at radius 1 is 1.26 bits per heavy atom. The molecule has 2 aromatic rings. The van der Waals surface area contributed by atoms with E-state index < -0.39 is 0 Å². The molecule has 0 heterocycles. The summed E-state index contributed by atoms with van der Waals surface area (Å²) >= 11 is 9.35. The summed E-state index contributed by atoms with van der Waals surface area (Å²) in [5, 5.41) is 4.02. The van der Waals surface area contributed by atoms with Crippen molar-refractivity contribution in [2.75, 3.05) is 5.32 Å². The monoisotopic (exact) mass is 341 g/mol. The van der Waals surface area contributed by atoms with Crippen LogP contribution in [0.3, 0.4) is 0 Å². The van der Waals surface area contributed by atoms with Crippen LogP contribution in [0.2, 0.25) is 5.02 Å². The standard InChI is InChI=1S/C15H14BrClFN/c1-10(8-11-4-2-3-5-14(11)18)19-15-7-6-12(17)9-13(15)16/h2-7,9-10,19H,8H2,1H3. The van der Waals surface area contributed by atoms with Crippen LogP contribution in [0.4, 0.5) is 10.1 Å². The highest BCUT2D eigenvalue weighted by Crippen LogP contribution is 2.26. The smallest absolute Gasteiger partial charge is 0.126 e. The number of hydrogen-bond acceptors (Lipinski definition) is 1. The van der Waals surface area contributed by atoms with Gasteiger partial charge >= 0.3 is 0 Å². The third kappa shape index (κ3) is 3.95. The fourth-order valence-electron chi connectivity index (χ4n) is 1.92. The van der Waals surface area contributed by atoms with Crippen molar-refractivity contribution in [3.8, 4) is 0 Å². The summed E-state index contributed by atoms with van der Waals surface area (Å²) in [4.78, 5) is 0. The molecule has 1 unspecified atom stereocenters. The number of benzene rings is 2. The highest BCUT2D eigenvalue weighted by Gasteiger charge is 2.09. The molecule has 100 valence electrons. The van der Waals surface area contributed by atoms with Crippen molar-refractivity contribution in [3.63, 3.8) is 0 Å². The molecular weight excluding hydrogens is 329 g/mol. The maximum atomic E-state index is 13.6. The number of nitrogens with one attached hydrogen (secondary N) is 1. The van der Waals surface area contributed by atoms with E-state index in [4.69, 9.17) is 11.6 Å². The minimum Gasteiger partial charge on any atom is -0.381 e. The Labute approximate surface area is 125 Å². The first kappa shape index (κ1) is 14.4. The SMILES string of the molecule is CC(Cc1ccccc1F)Nc1ccc(Cl)cc1Br. The maximum absolute atomic E-state index is 13.6. The highest BCUT2D eigenvalue weighted by atomic mass is 79.9. The quantitative estimate of drug-likeness (QED) is 0.796. The number of hydrogen-bond donors (Lipinski definition) is 1. The summed E-state index contributed by atoms with van der Waals surface area (Å²) in [5.41, 5.74) is 1.67. The molecule has 1 nitrogen and oxygen atoms in total. The molecule has 1 N–H and O–H groups in total. The van der Waals surface area contributed by atoms with Crippen LogP contribution < -0.4 is 5.32 Å². The Kier molecular flexibility index (Phi) is 4.83. The molecule has 0 aliphatic rings. The Hall–Kier alpha value is -1.06. The van der Waals surface area contributed by atoms with E-state index in [1.165, 1.54) is 6.07 Å². The van der Waals surface area contributed by atoms with E-state index in [2.05, 4.69) is 21.2 Å². The molecule has 0 saturated carbocycles. The zero-order valence-corrected chi connectivity index (χ0v) is 12.8. The first-order chi connectivity index (χ1) is 9.06. The fourth-order valence-corrected chi connectivity index (χ4v) is 2.71. The average molecular weight is 343 g/mol. The van der Waals surface area contributed by atoms with Crippen LogP contribution in [0.1, 0.15) is 12.5 Å². The third-order valence-corrected chi connectivity index (χ3v) is 3.71. The molecule has 2 rings (SSSR count). The van der Waals surface area contributed by atoms with E-state index >= 15 is 0 Å². The van der Waals surface area contributed by atoms with Gasteiger partial charge in [0.15, 0.2) is 0 Å². The summed E-state index contributed by atoms with van der Waals surface area (Å²) in [7, 11) is 0. The summed E-state index contributed by atoms with van der Waals surface area (Å²) in [5.74, 6) is -0.161. The van der Waals surface area contributed by atoms with Crippen LogP contribution in [0, 0.1) is 5.82 Å². The Morgan fingerprint density at radius 2 is 2.00 bits per heavy atom. The second kappa shape index (κ2) is 6.40. The second-order valence-corrected chi connectivity index (χ2v) is 5.76. The van der Waals surface area contributed by atoms with Gasteiger partial charge in [-0.25, -0.2) is 4.39 Å². The van der Waals surface area contributed by atoms with E-state index in [9.17, 15) is 4.39 Å². The molecule has 0 aliphatic heterocycles. The average Bonchev–Trinajstić information content (AvgIpc) is 2.36. The van der Waals surface area contributed by atoms with Gasteiger partial charge in [-0.3, -0.25) is 0 Å². The van der Waals surface area contributed by atoms with Crippen molar-refractivity contribution < 1.29 is 4.39 Å². The van der Waals surface area contributed by atoms with Gasteiger partial charge in [-0.15, -0.1) is 0 Å². The molecular formula is C15H14BrClFN. The molecule has 0 aliphatic carbocycles. The van der Waals surface area contributed by atoms with Crippen LogP contribution in [-0.2, 0) is 6.42 Å². The van der Waals surface area contributed by atoms with Gasteiger partial charge in [-0.1, -0.05) is 29.8 Å². The van der Waals surface area contributed by atoms with Gasteiger partial charge in [0.1, 0.15) is 5.82 Å². The minimum absolute atomic E-state index is 0.120. The summed E-state index contributed by atoms with van der Waals surface area (Å²) in [6.07, 6.45) is 0.627. The van der Waals surface area contributed by atoms with Crippen LogP contribution in [-0.4, -0.2) is 6.04 Å². The van der Waals surface area contributed by atoms with Gasteiger partial charge in [0.25, 0.3) is 0 Å². The number of rotatable bonds is 4.